The lowest BCUT2D eigenvalue weighted by Crippen LogP contribution is -2.16. The van der Waals surface area contributed by atoms with Gasteiger partial charge in [0.2, 0.25) is 5.88 Å². The minimum absolute atomic E-state index is 0.0243. The zero-order valence-electron chi connectivity index (χ0n) is 9.52. The Morgan fingerprint density at radius 3 is 2.79 bits per heavy atom. The first kappa shape index (κ1) is 13.1. The van der Waals surface area contributed by atoms with E-state index in [1.165, 1.54) is 18.3 Å². The Hall–Kier alpha value is -2.32. The van der Waals surface area contributed by atoms with Crippen LogP contribution in [-0.2, 0) is 0 Å². The highest BCUT2D eigenvalue weighted by atomic mass is 19.4. The monoisotopic (exact) mass is 274 g/mol. The number of amides is 1. The average molecular weight is 274 g/mol. The van der Waals surface area contributed by atoms with Crippen molar-refractivity contribution in [2.24, 2.45) is 5.73 Å². The molecule has 6 nitrogen and oxygen atoms in total. The van der Waals surface area contributed by atoms with E-state index < -0.39 is 25.1 Å². The summed E-state index contributed by atoms with van der Waals surface area (Å²) in [4.78, 5) is 14.9. The summed E-state index contributed by atoms with van der Waals surface area (Å²) in [6.45, 7) is -0.553. The second-order valence-electron chi connectivity index (χ2n) is 3.66. The molecule has 0 atom stereocenters. The van der Waals surface area contributed by atoms with Crippen molar-refractivity contribution in [2.45, 2.75) is 12.6 Å². The third kappa shape index (κ3) is 3.12. The van der Waals surface area contributed by atoms with Crippen molar-refractivity contribution in [1.82, 2.24) is 14.6 Å². The number of rotatable bonds is 4. The topological polar surface area (TPSA) is 82.5 Å². The Morgan fingerprint density at radius 1 is 1.42 bits per heavy atom. The third-order valence-corrected chi connectivity index (χ3v) is 2.23. The Balaban J connectivity index is 2.16. The molecule has 9 heteroatoms. The number of halogens is 3. The van der Waals surface area contributed by atoms with E-state index in [1.54, 1.807) is 0 Å². The van der Waals surface area contributed by atoms with Crippen LogP contribution < -0.4 is 10.5 Å². The SMILES string of the molecule is NC(=O)c1cnc2ccc(OCCC(F)(F)F)nn12. The zero-order valence-corrected chi connectivity index (χ0v) is 9.52. The van der Waals surface area contributed by atoms with Crippen molar-refractivity contribution in [3.8, 4) is 5.88 Å². The van der Waals surface area contributed by atoms with E-state index in [-0.39, 0.29) is 11.6 Å². The average Bonchev–Trinajstić information content (AvgIpc) is 2.70. The molecule has 0 fully saturated rings. The zero-order chi connectivity index (χ0) is 14.0. The number of imidazole rings is 1. The summed E-state index contributed by atoms with van der Waals surface area (Å²) in [6, 6.07) is 2.83. The number of fused-ring (bicyclic) bond motifs is 1. The number of primary amides is 1. The van der Waals surface area contributed by atoms with Crippen LogP contribution in [0.4, 0.5) is 13.2 Å². The highest BCUT2D eigenvalue weighted by molar-refractivity contribution is 5.91. The van der Waals surface area contributed by atoms with Gasteiger partial charge in [-0.3, -0.25) is 4.79 Å². The molecule has 0 saturated carbocycles. The maximum Gasteiger partial charge on any atom is 0.392 e. The lowest BCUT2D eigenvalue weighted by atomic mass is 10.4. The van der Waals surface area contributed by atoms with Crippen LogP contribution in [0, 0.1) is 0 Å². The van der Waals surface area contributed by atoms with Gasteiger partial charge in [0.25, 0.3) is 5.91 Å². The molecule has 2 rings (SSSR count). The summed E-state index contributed by atoms with van der Waals surface area (Å²) in [7, 11) is 0. The smallest absolute Gasteiger partial charge is 0.392 e. The predicted octanol–water partition coefficient (Wildman–Crippen LogP) is 1.16. The fraction of sp³-hybridized carbons (Fsp3) is 0.300. The number of hydrogen-bond acceptors (Lipinski definition) is 4. The molecule has 0 radical (unpaired) electrons. The molecule has 0 spiro atoms. The quantitative estimate of drug-likeness (QED) is 0.906. The van der Waals surface area contributed by atoms with Crippen LogP contribution in [0.1, 0.15) is 16.9 Å². The van der Waals surface area contributed by atoms with Crippen LogP contribution >= 0.6 is 0 Å². The van der Waals surface area contributed by atoms with Gasteiger partial charge < -0.3 is 10.5 Å². The van der Waals surface area contributed by atoms with Gasteiger partial charge in [-0.1, -0.05) is 0 Å². The van der Waals surface area contributed by atoms with Crippen LogP contribution in [0.5, 0.6) is 5.88 Å². The van der Waals surface area contributed by atoms with E-state index in [2.05, 4.69) is 10.1 Å². The predicted molar refractivity (Wildman–Crippen MR) is 57.7 cm³/mol. The Labute approximate surface area is 105 Å². The van der Waals surface area contributed by atoms with E-state index in [9.17, 15) is 18.0 Å². The van der Waals surface area contributed by atoms with Crippen molar-refractivity contribution in [1.29, 1.82) is 0 Å². The van der Waals surface area contributed by atoms with Gasteiger partial charge >= 0.3 is 6.18 Å². The highest BCUT2D eigenvalue weighted by Gasteiger charge is 2.27. The standard InChI is InChI=1S/C10H9F3N4O2/c11-10(12,13)3-4-19-8-2-1-7-15-5-6(9(14)18)17(7)16-8/h1-2,5H,3-4H2,(H2,14,18). The molecule has 0 aliphatic carbocycles. The van der Waals surface area contributed by atoms with Crippen molar-refractivity contribution in [3.63, 3.8) is 0 Å². The fourth-order valence-electron chi connectivity index (χ4n) is 1.37. The van der Waals surface area contributed by atoms with E-state index in [0.717, 1.165) is 4.52 Å². The van der Waals surface area contributed by atoms with Gasteiger partial charge in [0.15, 0.2) is 5.65 Å². The van der Waals surface area contributed by atoms with Gasteiger partial charge in [-0.05, 0) is 6.07 Å². The summed E-state index contributed by atoms with van der Waals surface area (Å²) >= 11 is 0. The Morgan fingerprint density at radius 2 is 2.16 bits per heavy atom. The third-order valence-electron chi connectivity index (χ3n) is 2.23. The molecular weight excluding hydrogens is 265 g/mol. The van der Waals surface area contributed by atoms with Crippen LogP contribution in [0.3, 0.4) is 0 Å². The summed E-state index contributed by atoms with van der Waals surface area (Å²) in [5.41, 5.74) is 5.47. The van der Waals surface area contributed by atoms with Gasteiger partial charge in [0.05, 0.1) is 19.2 Å². The van der Waals surface area contributed by atoms with Crippen molar-refractivity contribution < 1.29 is 22.7 Å². The fourth-order valence-corrected chi connectivity index (χ4v) is 1.37. The second kappa shape index (κ2) is 4.75. The molecule has 0 bridgehead atoms. The number of alkyl halides is 3. The maximum absolute atomic E-state index is 12.0. The molecule has 1 amide bonds. The van der Waals surface area contributed by atoms with Crippen LogP contribution in [0.25, 0.3) is 5.65 Å². The lowest BCUT2D eigenvalue weighted by molar-refractivity contribution is -0.139. The van der Waals surface area contributed by atoms with Crippen LogP contribution in [0.15, 0.2) is 18.3 Å². The van der Waals surface area contributed by atoms with Crippen LogP contribution in [0.2, 0.25) is 0 Å². The molecule has 0 unspecified atom stereocenters. The summed E-state index contributed by atoms with van der Waals surface area (Å²) in [6.07, 6.45) is -4.15. The molecule has 102 valence electrons. The highest BCUT2D eigenvalue weighted by Crippen LogP contribution is 2.20. The molecular formula is C10H9F3N4O2. The first-order valence-electron chi connectivity index (χ1n) is 5.21. The molecule has 2 N–H and O–H groups in total. The molecule has 2 aromatic heterocycles. The number of hydrogen-bond donors (Lipinski definition) is 1. The normalized spacial score (nSPS) is 11.7. The number of nitrogens with zero attached hydrogens (tertiary/aromatic N) is 3. The maximum atomic E-state index is 12.0. The van der Waals surface area contributed by atoms with Crippen molar-refractivity contribution >= 4 is 11.6 Å². The second-order valence-corrected chi connectivity index (χ2v) is 3.66. The summed E-state index contributed by atoms with van der Waals surface area (Å²) < 4.78 is 41.8. The van der Waals surface area contributed by atoms with Gasteiger partial charge in [-0.15, -0.1) is 5.10 Å². The first-order chi connectivity index (χ1) is 8.87. The lowest BCUT2D eigenvalue weighted by Gasteiger charge is -2.08. The van der Waals surface area contributed by atoms with Crippen molar-refractivity contribution in [2.75, 3.05) is 6.61 Å². The van der Waals surface area contributed by atoms with Crippen molar-refractivity contribution in [3.05, 3.63) is 24.0 Å². The van der Waals surface area contributed by atoms with E-state index in [1.807, 2.05) is 0 Å². The number of carbonyl (C=O) groups excluding carboxylic acids is 1. The molecule has 19 heavy (non-hydrogen) atoms. The Kier molecular flexibility index (Phi) is 3.28. The molecule has 0 saturated heterocycles. The molecule has 0 aromatic carbocycles. The van der Waals surface area contributed by atoms with Gasteiger partial charge in [0, 0.05) is 6.07 Å². The molecule has 0 aliphatic rings. The Bertz CT molecular complexity index is 608. The minimum atomic E-state index is -4.29. The number of carbonyl (C=O) groups is 1. The van der Waals surface area contributed by atoms with E-state index in [4.69, 9.17) is 10.5 Å². The largest absolute Gasteiger partial charge is 0.476 e. The molecule has 2 heterocycles. The minimum Gasteiger partial charge on any atom is -0.476 e. The first-order valence-corrected chi connectivity index (χ1v) is 5.21. The van der Waals surface area contributed by atoms with E-state index >= 15 is 0 Å². The number of aromatic nitrogens is 3. The summed E-state index contributed by atoms with van der Waals surface area (Å²) in [5.74, 6) is -0.787. The summed E-state index contributed by atoms with van der Waals surface area (Å²) in [5, 5.41) is 3.84. The number of ether oxygens (including phenoxy) is 1. The molecule has 2 aromatic rings. The number of nitrogens with two attached hydrogens (primary N) is 1. The van der Waals surface area contributed by atoms with Gasteiger partial charge in [-0.2, -0.15) is 13.2 Å². The van der Waals surface area contributed by atoms with Gasteiger partial charge in [0.1, 0.15) is 5.69 Å². The van der Waals surface area contributed by atoms with Gasteiger partial charge in [-0.25, -0.2) is 9.50 Å². The molecule has 0 aliphatic heterocycles. The van der Waals surface area contributed by atoms with E-state index in [0.29, 0.717) is 5.65 Å². The van der Waals surface area contributed by atoms with Crippen LogP contribution in [-0.4, -0.2) is 33.3 Å².